The Morgan fingerprint density at radius 3 is 2.61 bits per heavy atom. The van der Waals surface area contributed by atoms with Crippen molar-refractivity contribution in [3.05, 3.63) is 56.7 Å². The Labute approximate surface area is 163 Å². The number of H-pyrrole nitrogens is 1. The van der Waals surface area contributed by atoms with Gasteiger partial charge in [0.2, 0.25) is 5.91 Å². The largest absolute Gasteiger partial charge is 0.383 e. The molecule has 0 saturated carbocycles. The Hall–Kier alpha value is -2.87. The Morgan fingerprint density at radius 2 is 1.93 bits per heavy atom. The van der Waals surface area contributed by atoms with Crippen molar-refractivity contribution in [1.29, 1.82) is 0 Å². The van der Waals surface area contributed by atoms with Gasteiger partial charge in [-0.2, -0.15) is 0 Å². The lowest BCUT2D eigenvalue weighted by atomic mass is 10.2. The van der Waals surface area contributed by atoms with E-state index in [0.717, 1.165) is 24.8 Å². The molecule has 1 heterocycles. The maximum absolute atomic E-state index is 12.4. The molecule has 0 unspecified atom stereocenters. The van der Waals surface area contributed by atoms with Gasteiger partial charge in [-0.3, -0.25) is 19.1 Å². The highest BCUT2D eigenvalue weighted by atomic mass is 16.5. The summed E-state index contributed by atoms with van der Waals surface area (Å²) in [6, 6.07) is 9.55. The molecular weight excluding hydrogens is 360 g/mol. The predicted octanol–water partition coefficient (Wildman–Crippen LogP) is 2.31. The van der Waals surface area contributed by atoms with E-state index in [1.807, 2.05) is 30.3 Å². The normalized spacial score (nSPS) is 10.6. The summed E-state index contributed by atoms with van der Waals surface area (Å²) in [5.41, 5.74) is -0.0326. The van der Waals surface area contributed by atoms with E-state index in [4.69, 9.17) is 4.74 Å². The zero-order chi connectivity index (χ0) is 20.4. The molecule has 0 fully saturated rings. The zero-order valence-corrected chi connectivity index (χ0v) is 16.4. The number of hydrogen-bond acceptors (Lipinski definition) is 5. The van der Waals surface area contributed by atoms with Crippen LogP contribution in [0.25, 0.3) is 0 Å². The number of nitrogens with zero attached hydrogens (tertiary/aromatic N) is 1. The number of aromatic amines is 1. The number of amides is 1. The Kier molecular flexibility index (Phi) is 8.48. The van der Waals surface area contributed by atoms with Gasteiger partial charge in [-0.1, -0.05) is 50.1 Å². The summed E-state index contributed by atoms with van der Waals surface area (Å²) in [6.45, 7) is 2.91. The molecule has 0 spiro atoms. The minimum absolute atomic E-state index is 0.156. The van der Waals surface area contributed by atoms with Crippen LogP contribution in [0.1, 0.15) is 38.2 Å². The quantitative estimate of drug-likeness (QED) is 0.512. The predicted molar refractivity (Wildman–Crippen MR) is 110 cm³/mol. The third kappa shape index (κ3) is 6.09. The molecule has 152 valence electrons. The van der Waals surface area contributed by atoms with Crippen molar-refractivity contribution >= 4 is 17.4 Å². The fraction of sp³-hybridized carbons (Fsp3) is 0.450. The van der Waals surface area contributed by atoms with Gasteiger partial charge in [-0.05, 0) is 12.0 Å². The molecule has 0 radical (unpaired) electrons. The lowest BCUT2D eigenvalue weighted by molar-refractivity contribution is -0.116. The van der Waals surface area contributed by atoms with Crippen LogP contribution in [0.3, 0.4) is 0 Å². The van der Waals surface area contributed by atoms with Crippen LogP contribution < -0.4 is 21.9 Å². The smallest absolute Gasteiger partial charge is 0.330 e. The average molecular weight is 388 g/mol. The van der Waals surface area contributed by atoms with Crippen molar-refractivity contribution in [1.82, 2.24) is 9.55 Å². The molecule has 0 saturated heterocycles. The minimum Gasteiger partial charge on any atom is -0.383 e. The number of methoxy groups -OCH3 is 1. The molecule has 1 aromatic carbocycles. The van der Waals surface area contributed by atoms with Crippen LogP contribution in [0.4, 0.5) is 11.5 Å². The topological polar surface area (TPSA) is 105 Å². The Balaban J connectivity index is 2.33. The molecule has 0 bridgehead atoms. The third-order valence-corrected chi connectivity index (χ3v) is 4.30. The SMILES string of the molecule is CCCCCC(=O)Nc1c(NCc2ccccc2)c(=O)[nH]c(=O)n1CCOC. The van der Waals surface area contributed by atoms with Crippen LogP contribution in [0.5, 0.6) is 0 Å². The molecule has 0 atom stereocenters. The first-order valence-corrected chi connectivity index (χ1v) is 9.50. The lowest BCUT2D eigenvalue weighted by Gasteiger charge is -2.17. The monoisotopic (exact) mass is 388 g/mol. The second-order valence-corrected chi connectivity index (χ2v) is 6.47. The molecule has 1 amide bonds. The summed E-state index contributed by atoms with van der Waals surface area (Å²) >= 11 is 0. The van der Waals surface area contributed by atoms with Crippen molar-refractivity contribution in [2.75, 3.05) is 24.4 Å². The minimum atomic E-state index is -0.587. The number of hydrogen-bond donors (Lipinski definition) is 3. The number of benzene rings is 1. The summed E-state index contributed by atoms with van der Waals surface area (Å²) in [5, 5.41) is 5.81. The first kappa shape index (κ1) is 21.4. The second-order valence-electron chi connectivity index (χ2n) is 6.47. The summed E-state index contributed by atoms with van der Waals surface area (Å²) < 4.78 is 6.37. The van der Waals surface area contributed by atoms with Crippen LogP contribution in [-0.2, 0) is 22.6 Å². The highest BCUT2D eigenvalue weighted by Crippen LogP contribution is 2.17. The third-order valence-electron chi connectivity index (χ3n) is 4.30. The van der Waals surface area contributed by atoms with Gasteiger partial charge in [0.05, 0.1) is 13.2 Å². The summed E-state index contributed by atoms with van der Waals surface area (Å²) in [7, 11) is 1.52. The van der Waals surface area contributed by atoms with Crippen LogP contribution in [-0.4, -0.2) is 29.2 Å². The molecule has 2 rings (SSSR count). The molecule has 0 aliphatic rings. The number of ether oxygens (including phenoxy) is 1. The van der Waals surface area contributed by atoms with Crippen molar-refractivity contribution in [3.8, 4) is 0 Å². The van der Waals surface area contributed by atoms with E-state index in [-0.39, 0.29) is 30.6 Å². The first-order chi connectivity index (χ1) is 13.6. The number of carbonyl (C=O) groups is 1. The van der Waals surface area contributed by atoms with E-state index in [2.05, 4.69) is 22.5 Å². The van der Waals surface area contributed by atoms with Gasteiger partial charge >= 0.3 is 5.69 Å². The molecule has 0 aliphatic carbocycles. The summed E-state index contributed by atoms with van der Waals surface area (Å²) in [5.74, 6) is -0.0596. The summed E-state index contributed by atoms with van der Waals surface area (Å²) in [6.07, 6.45) is 3.02. The van der Waals surface area contributed by atoms with Crippen LogP contribution in [0.2, 0.25) is 0 Å². The Morgan fingerprint density at radius 1 is 1.18 bits per heavy atom. The van der Waals surface area contributed by atoms with E-state index in [9.17, 15) is 14.4 Å². The molecule has 3 N–H and O–H groups in total. The molecular formula is C20H28N4O4. The van der Waals surface area contributed by atoms with Crippen molar-refractivity contribution < 1.29 is 9.53 Å². The number of aromatic nitrogens is 2. The van der Waals surface area contributed by atoms with Gasteiger partial charge in [0, 0.05) is 20.1 Å². The molecule has 8 nitrogen and oxygen atoms in total. The maximum atomic E-state index is 12.4. The van der Waals surface area contributed by atoms with Crippen molar-refractivity contribution in [3.63, 3.8) is 0 Å². The lowest BCUT2D eigenvalue weighted by Crippen LogP contribution is -2.36. The summed E-state index contributed by atoms with van der Waals surface area (Å²) in [4.78, 5) is 39.4. The number of anilines is 2. The van der Waals surface area contributed by atoms with E-state index in [0.29, 0.717) is 13.0 Å². The van der Waals surface area contributed by atoms with Crippen LogP contribution >= 0.6 is 0 Å². The Bertz CT molecular complexity index is 874. The maximum Gasteiger partial charge on any atom is 0.330 e. The average Bonchev–Trinajstić information content (AvgIpc) is 2.68. The van der Waals surface area contributed by atoms with Gasteiger partial charge in [-0.25, -0.2) is 4.79 Å². The van der Waals surface area contributed by atoms with Gasteiger partial charge in [0.1, 0.15) is 11.5 Å². The first-order valence-electron chi connectivity index (χ1n) is 9.50. The molecule has 1 aromatic heterocycles. The van der Waals surface area contributed by atoms with Gasteiger partial charge < -0.3 is 15.4 Å². The standard InChI is InChI=1S/C20H28N4O4/c1-3-4-6-11-16(25)22-18-17(21-14-15-9-7-5-8-10-15)19(26)23-20(27)24(18)12-13-28-2/h5,7-10,21H,3-4,6,11-14H2,1-2H3,(H,22,25)(H,23,26,27). The molecule has 0 aliphatic heterocycles. The van der Waals surface area contributed by atoms with Crippen LogP contribution in [0, 0.1) is 0 Å². The molecule has 28 heavy (non-hydrogen) atoms. The van der Waals surface area contributed by atoms with E-state index in [1.54, 1.807) is 0 Å². The van der Waals surface area contributed by atoms with Crippen molar-refractivity contribution in [2.24, 2.45) is 0 Å². The van der Waals surface area contributed by atoms with Gasteiger partial charge in [-0.15, -0.1) is 0 Å². The van der Waals surface area contributed by atoms with E-state index >= 15 is 0 Å². The number of nitrogens with one attached hydrogen (secondary N) is 3. The molecule has 2 aromatic rings. The van der Waals surface area contributed by atoms with E-state index in [1.165, 1.54) is 11.7 Å². The van der Waals surface area contributed by atoms with Crippen LogP contribution in [0.15, 0.2) is 39.9 Å². The number of unbranched alkanes of at least 4 members (excludes halogenated alkanes) is 2. The fourth-order valence-electron chi connectivity index (χ4n) is 2.78. The second kappa shape index (κ2) is 11.1. The van der Waals surface area contributed by atoms with Gasteiger partial charge in [0.15, 0.2) is 0 Å². The highest BCUT2D eigenvalue weighted by Gasteiger charge is 2.17. The highest BCUT2D eigenvalue weighted by molar-refractivity contribution is 5.92. The zero-order valence-electron chi connectivity index (χ0n) is 16.4. The van der Waals surface area contributed by atoms with E-state index < -0.39 is 11.2 Å². The molecule has 8 heteroatoms. The van der Waals surface area contributed by atoms with Crippen molar-refractivity contribution in [2.45, 2.75) is 45.7 Å². The number of rotatable bonds is 11. The number of carbonyl (C=O) groups excluding carboxylic acids is 1. The fourth-order valence-corrected chi connectivity index (χ4v) is 2.78. The van der Waals surface area contributed by atoms with Gasteiger partial charge in [0.25, 0.3) is 5.56 Å².